The minimum absolute atomic E-state index is 0.718. The smallest absolute Gasteiger partial charge is 0.134 e. The fourth-order valence-corrected chi connectivity index (χ4v) is 1.89. The number of hydrogen-bond acceptors (Lipinski definition) is 5. The summed E-state index contributed by atoms with van der Waals surface area (Å²) in [6, 6.07) is 3.75. The average molecular weight is 240 g/mol. The molecule has 1 N–H and O–H groups in total. The van der Waals surface area contributed by atoms with Gasteiger partial charge in [0.1, 0.15) is 18.0 Å². The van der Waals surface area contributed by atoms with Gasteiger partial charge in [-0.1, -0.05) is 0 Å². The van der Waals surface area contributed by atoms with E-state index in [1.54, 1.807) is 12.3 Å². The van der Waals surface area contributed by atoms with E-state index >= 15 is 0 Å². The minimum Gasteiger partial charge on any atom is -0.325 e. The van der Waals surface area contributed by atoms with Crippen LogP contribution in [-0.4, -0.2) is 24.7 Å². The summed E-state index contributed by atoms with van der Waals surface area (Å²) in [5.74, 6) is 1.46. The van der Waals surface area contributed by atoms with Crippen LogP contribution < -0.4 is 5.32 Å². The van der Waals surface area contributed by atoms with Crippen LogP contribution in [0, 0.1) is 6.92 Å². The highest BCUT2D eigenvalue weighted by Gasteiger charge is 2.06. The average Bonchev–Trinajstić information content (AvgIpc) is 2.66. The molecule has 3 heterocycles. The molecule has 6 nitrogen and oxygen atoms in total. The normalized spacial score (nSPS) is 10.8. The van der Waals surface area contributed by atoms with Crippen LogP contribution in [-0.2, 0) is 7.05 Å². The van der Waals surface area contributed by atoms with Gasteiger partial charge in [-0.25, -0.2) is 15.0 Å². The second-order valence-corrected chi connectivity index (χ2v) is 4.02. The van der Waals surface area contributed by atoms with Crippen molar-refractivity contribution in [2.75, 3.05) is 5.32 Å². The van der Waals surface area contributed by atoms with Crippen molar-refractivity contribution in [1.82, 2.24) is 24.7 Å². The standard InChI is InChI=1S/C12H12N6/c1-8-9-6-14-12(5-10(9)18(2)17-8)16-11-3-4-13-7-15-11/h3-7H,1-2H3,(H,13,14,15,16). The first-order valence-corrected chi connectivity index (χ1v) is 5.56. The molecule has 0 aliphatic heterocycles. The molecule has 6 heteroatoms. The summed E-state index contributed by atoms with van der Waals surface area (Å²) >= 11 is 0. The number of hydrogen-bond donors (Lipinski definition) is 1. The molecule has 0 saturated heterocycles. The van der Waals surface area contributed by atoms with Gasteiger partial charge >= 0.3 is 0 Å². The molecular weight excluding hydrogens is 228 g/mol. The Morgan fingerprint density at radius 1 is 1.22 bits per heavy atom. The van der Waals surface area contributed by atoms with Crippen LogP contribution in [0.2, 0.25) is 0 Å². The Labute approximate surface area is 104 Å². The van der Waals surface area contributed by atoms with Gasteiger partial charge in [0.25, 0.3) is 0 Å². The highest BCUT2D eigenvalue weighted by Crippen LogP contribution is 2.20. The molecular formula is C12H12N6. The number of aryl methyl sites for hydroxylation is 2. The number of nitrogens with zero attached hydrogens (tertiary/aromatic N) is 5. The summed E-state index contributed by atoms with van der Waals surface area (Å²) in [6.07, 6.45) is 5.00. The van der Waals surface area contributed by atoms with Gasteiger partial charge in [-0.05, 0) is 13.0 Å². The highest BCUT2D eigenvalue weighted by atomic mass is 15.3. The van der Waals surface area contributed by atoms with Gasteiger partial charge in [-0.3, -0.25) is 4.68 Å². The van der Waals surface area contributed by atoms with Crippen molar-refractivity contribution in [1.29, 1.82) is 0 Å². The van der Waals surface area contributed by atoms with Gasteiger partial charge in [0, 0.05) is 30.9 Å². The number of nitrogens with one attached hydrogen (secondary N) is 1. The molecule has 0 spiro atoms. The molecule has 0 saturated carbocycles. The minimum atomic E-state index is 0.718. The van der Waals surface area contributed by atoms with E-state index in [0.29, 0.717) is 0 Å². The van der Waals surface area contributed by atoms with Gasteiger partial charge in [0.05, 0.1) is 11.2 Å². The maximum atomic E-state index is 4.36. The Morgan fingerprint density at radius 2 is 2.11 bits per heavy atom. The first-order valence-electron chi connectivity index (χ1n) is 5.56. The van der Waals surface area contributed by atoms with Gasteiger partial charge in [-0.15, -0.1) is 0 Å². The Hall–Kier alpha value is -2.50. The van der Waals surface area contributed by atoms with Gasteiger partial charge < -0.3 is 5.32 Å². The van der Waals surface area contributed by atoms with E-state index in [2.05, 4.69) is 25.4 Å². The van der Waals surface area contributed by atoms with Crippen LogP contribution in [0.25, 0.3) is 10.9 Å². The second kappa shape index (κ2) is 4.06. The van der Waals surface area contributed by atoms with E-state index in [9.17, 15) is 0 Å². The lowest BCUT2D eigenvalue weighted by molar-refractivity contribution is 0.783. The predicted octanol–water partition coefficient (Wildman–Crippen LogP) is 1.81. The Kier molecular flexibility index (Phi) is 2.40. The maximum Gasteiger partial charge on any atom is 0.134 e. The van der Waals surface area contributed by atoms with Crippen LogP contribution in [0.15, 0.2) is 30.9 Å². The van der Waals surface area contributed by atoms with Crippen molar-refractivity contribution in [3.63, 3.8) is 0 Å². The summed E-state index contributed by atoms with van der Waals surface area (Å²) in [7, 11) is 1.92. The molecule has 3 rings (SSSR count). The summed E-state index contributed by atoms with van der Waals surface area (Å²) < 4.78 is 1.84. The summed E-state index contributed by atoms with van der Waals surface area (Å²) in [5, 5.41) is 8.55. The van der Waals surface area contributed by atoms with Crippen LogP contribution >= 0.6 is 0 Å². The van der Waals surface area contributed by atoms with E-state index in [0.717, 1.165) is 28.2 Å². The first-order chi connectivity index (χ1) is 8.74. The van der Waals surface area contributed by atoms with Crippen molar-refractivity contribution < 1.29 is 0 Å². The van der Waals surface area contributed by atoms with Crippen molar-refractivity contribution in [2.24, 2.45) is 7.05 Å². The topological polar surface area (TPSA) is 68.5 Å². The SMILES string of the molecule is Cc1nn(C)c2cc(Nc3ccncn3)ncc12. The predicted molar refractivity (Wildman–Crippen MR) is 68.6 cm³/mol. The molecule has 3 aromatic rings. The third kappa shape index (κ3) is 1.77. The third-order valence-electron chi connectivity index (χ3n) is 2.76. The van der Waals surface area contributed by atoms with E-state index < -0.39 is 0 Å². The van der Waals surface area contributed by atoms with E-state index in [1.807, 2.05) is 30.9 Å². The lowest BCUT2D eigenvalue weighted by Gasteiger charge is -2.04. The van der Waals surface area contributed by atoms with Crippen LogP contribution in [0.4, 0.5) is 11.6 Å². The number of rotatable bonds is 2. The van der Waals surface area contributed by atoms with Gasteiger partial charge in [0.2, 0.25) is 0 Å². The summed E-state index contributed by atoms with van der Waals surface area (Å²) in [4.78, 5) is 12.3. The fraction of sp³-hybridized carbons (Fsp3) is 0.167. The van der Waals surface area contributed by atoms with E-state index in [-0.39, 0.29) is 0 Å². The molecule has 0 aromatic carbocycles. The van der Waals surface area contributed by atoms with E-state index in [4.69, 9.17) is 0 Å². The first kappa shape index (κ1) is 10.6. The number of anilines is 2. The Morgan fingerprint density at radius 3 is 2.89 bits per heavy atom. The van der Waals surface area contributed by atoms with Crippen molar-refractivity contribution in [3.8, 4) is 0 Å². The van der Waals surface area contributed by atoms with E-state index in [1.165, 1.54) is 6.33 Å². The molecule has 3 aromatic heterocycles. The van der Waals surface area contributed by atoms with Crippen molar-refractivity contribution in [3.05, 3.63) is 36.5 Å². The summed E-state index contributed by atoms with van der Waals surface area (Å²) in [6.45, 7) is 1.97. The molecule has 0 amide bonds. The quantitative estimate of drug-likeness (QED) is 0.739. The monoisotopic (exact) mass is 240 g/mol. The van der Waals surface area contributed by atoms with Crippen molar-refractivity contribution >= 4 is 22.5 Å². The van der Waals surface area contributed by atoms with Crippen LogP contribution in [0.5, 0.6) is 0 Å². The zero-order chi connectivity index (χ0) is 12.5. The molecule has 90 valence electrons. The number of fused-ring (bicyclic) bond motifs is 1. The largest absolute Gasteiger partial charge is 0.325 e. The maximum absolute atomic E-state index is 4.36. The zero-order valence-corrected chi connectivity index (χ0v) is 10.1. The number of pyridine rings is 1. The summed E-state index contributed by atoms with van der Waals surface area (Å²) in [5.41, 5.74) is 2.02. The van der Waals surface area contributed by atoms with Crippen molar-refractivity contribution in [2.45, 2.75) is 6.92 Å². The second-order valence-electron chi connectivity index (χ2n) is 4.02. The molecule has 0 atom stereocenters. The lowest BCUT2D eigenvalue weighted by Crippen LogP contribution is -1.96. The highest BCUT2D eigenvalue weighted by molar-refractivity contribution is 5.83. The van der Waals surface area contributed by atoms with Gasteiger partial charge in [-0.2, -0.15) is 5.10 Å². The number of aromatic nitrogens is 5. The third-order valence-corrected chi connectivity index (χ3v) is 2.76. The Balaban J connectivity index is 2.01. The van der Waals surface area contributed by atoms with Gasteiger partial charge in [0.15, 0.2) is 0 Å². The lowest BCUT2D eigenvalue weighted by atomic mass is 10.2. The zero-order valence-electron chi connectivity index (χ0n) is 10.1. The molecule has 0 aliphatic carbocycles. The van der Waals surface area contributed by atoms with Crippen LogP contribution in [0.1, 0.15) is 5.69 Å². The molecule has 18 heavy (non-hydrogen) atoms. The van der Waals surface area contributed by atoms with Crippen LogP contribution in [0.3, 0.4) is 0 Å². The molecule has 0 aliphatic rings. The molecule has 0 unspecified atom stereocenters. The molecule has 0 fully saturated rings. The molecule has 0 bridgehead atoms. The molecule has 0 radical (unpaired) electrons. The fourth-order valence-electron chi connectivity index (χ4n) is 1.89. The Bertz CT molecular complexity index is 688.